The lowest BCUT2D eigenvalue weighted by atomic mass is 10.1. The Kier molecular flexibility index (Phi) is 4.15. The number of carbonyl (C=O) groups is 1. The molecule has 0 aromatic heterocycles. The highest BCUT2D eigenvalue weighted by atomic mass is 35.5. The van der Waals surface area contributed by atoms with Crippen LogP contribution in [-0.2, 0) is 11.4 Å². The third kappa shape index (κ3) is 3.23. The highest BCUT2D eigenvalue weighted by molar-refractivity contribution is 6.34. The first-order valence-electron chi connectivity index (χ1n) is 4.04. The van der Waals surface area contributed by atoms with Crippen molar-refractivity contribution < 1.29 is 15.0 Å². The molecule has 0 atom stereocenters. The molecule has 1 aromatic carbocycles. The zero-order valence-electron chi connectivity index (χ0n) is 7.58. The van der Waals surface area contributed by atoms with Crippen molar-refractivity contribution in [2.24, 2.45) is 0 Å². The fraction of sp³-hybridized carbons (Fsp3) is 0.100. The van der Waals surface area contributed by atoms with Gasteiger partial charge < -0.3 is 10.2 Å². The quantitative estimate of drug-likeness (QED) is 0.807. The van der Waals surface area contributed by atoms with Crippen LogP contribution in [-0.4, -0.2) is 16.2 Å². The maximum atomic E-state index is 10.3. The first-order chi connectivity index (χ1) is 7.04. The summed E-state index contributed by atoms with van der Waals surface area (Å²) in [5.41, 5.74) is 1.01. The van der Waals surface area contributed by atoms with Gasteiger partial charge in [0.05, 0.1) is 6.61 Å². The van der Waals surface area contributed by atoms with Gasteiger partial charge in [-0.3, -0.25) is 0 Å². The molecular weight excluding hydrogens is 239 g/mol. The Bertz CT molecular complexity index is 413. The van der Waals surface area contributed by atoms with Gasteiger partial charge in [-0.1, -0.05) is 23.2 Å². The fourth-order valence-electron chi connectivity index (χ4n) is 1.01. The molecule has 3 nitrogen and oxygen atoms in total. The van der Waals surface area contributed by atoms with Crippen molar-refractivity contribution >= 4 is 35.2 Å². The summed E-state index contributed by atoms with van der Waals surface area (Å²) in [6.45, 7) is -0.207. The van der Waals surface area contributed by atoms with Crippen LogP contribution in [0.1, 0.15) is 11.1 Å². The molecule has 0 aliphatic rings. The Balaban J connectivity index is 3.10. The first kappa shape index (κ1) is 12.0. The van der Waals surface area contributed by atoms with Gasteiger partial charge in [-0.15, -0.1) is 0 Å². The van der Waals surface area contributed by atoms with Crippen LogP contribution in [0.15, 0.2) is 18.2 Å². The molecule has 0 fully saturated rings. The number of carboxylic acids is 1. The standard InChI is InChI=1S/C10H8Cl2O3/c11-8-4-7(5-13)9(12)3-6(8)1-2-10(14)15/h1-4,13H,5H2,(H,14,15). The summed E-state index contributed by atoms with van der Waals surface area (Å²) in [5, 5.41) is 18.0. The molecule has 0 unspecified atom stereocenters. The van der Waals surface area contributed by atoms with E-state index in [4.69, 9.17) is 33.4 Å². The third-order valence-electron chi connectivity index (χ3n) is 1.74. The minimum absolute atomic E-state index is 0.207. The van der Waals surface area contributed by atoms with Crippen LogP contribution in [0, 0.1) is 0 Å². The van der Waals surface area contributed by atoms with E-state index in [9.17, 15) is 4.79 Å². The van der Waals surface area contributed by atoms with E-state index in [-0.39, 0.29) is 6.61 Å². The Hall–Kier alpha value is -1.03. The first-order valence-corrected chi connectivity index (χ1v) is 4.80. The van der Waals surface area contributed by atoms with E-state index >= 15 is 0 Å². The predicted molar refractivity (Wildman–Crippen MR) is 59.1 cm³/mol. The smallest absolute Gasteiger partial charge is 0.328 e. The van der Waals surface area contributed by atoms with Gasteiger partial charge in [0.25, 0.3) is 0 Å². The van der Waals surface area contributed by atoms with Gasteiger partial charge in [0.1, 0.15) is 0 Å². The number of halogens is 2. The molecule has 1 rings (SSSR count). The van der Waals surface area contributed by atoms with Crippen LogP contribution in [0.4, 0.5) is 0 Å². The second-order valence-electron chi connectivity index (χ2n) is 2.79. The summed E-state index contributed by atoms with van der Waals surface area (Å²) >= 11 is 11.7. The van der Waals surface area contributed by atoms with Crippen LogP contribution in [0.5, 0.6) is 0 Å². The van der Waals surface area contributed by atoms with Crippen molar-refractivity contribution in [3.8, 4) is 0 Å². The van der Waals surface area contributed by atoms with Gasteiger partial charge in [0, 0.05) is 16.1 Å². The van der Waals surface area contributed by atoms with Crippen molar-refractivity contribution in [1.29, 1.82) is 0 Å². The maximum Gasteiger partial charge on any atom is 0.328 e. The summed E-state index contributed by atoms with van der Waals surface area (Å²) in [7, 11) is 0. The molecular formula is C10H8Cl2O3. The van der Waals surface area contributed by atoms with E-state index in [1.165, 1.54) is 18.2 Å². The summed E-state index contributed by atoms with van der Waals surface area (Å²) in [6, 6.07) is 3.01. The van der Waals surface area contributed by atoms with Gasteiger partial charge in [0.2, 0.25) is 0 Å². The summed E-state index contributed by atoms with van der Waals surface area (Å²) < 4.78 is 0. The SMILES string of the molecule is O=C(O)C=Cc1cc(Cl)c(CO)cc1Cl. The number of hydrogen-bond donors (Lipinski definition) is 2. The zero-order valence-corrected chi connectivity index (χ0v) is 9.09. The number of rotatable bonds is 3. The number of carboxylic acid groups (broad SMARTS) is 1. The van der Waals surface area contributed by atoms with Crippen molar-refractivity contribution in [3.63, 3.8) is 0 Å². The van der Waals surface area contributed by atoms with Crippen molar-refractivity contribution in [2.45, 2.75) is 6.61 Å². The highest BCUT2D eigenvalue weighted by Crippen LogP contribution is 2.26. The lowest BCUT2D eigenvalue weighted by Gasteiger charge is -2.04. The third-order valence-corrected chi connectivity index (χ3v) is 2.42. The predicted octanol–water partition coefficient (Wildman–Crippen LogP) is 2.58. The van der Waals surface area contributed by atoms with E-state index in [0.29, 0.717) is 21.2 Å². The molecule has 0 saturated heterocycles. The Morgan fingerprint density at radius 2 is 2.00 bits per heavy atom. The minimum atomic E-state index is -1.06. The van der Waals surface area contributed by atoms with Gasteiger partial charge in [-0.2, -0.15) is 0 Å². The monoisotopic (exact) mass is 246 g/mol. The second kappa shape index (κ2) is 5.16. The fourth-order valence-corrected chi connectivity index (χ4v) is 1.49. The molecule has 0 radical (unpaired) electrons. The summed E-state index contributed by atoms with van der Waals surface area (Å²) in [5.74, 6) is -1.06. The number of aliphatic carboxylic acids is 1. The van der Waals surface area contributed by atoms with Gasteiger partial charge >= 0.3 is 5.97 Å². The topological polar surface area (TPSA) is 57.5 Å². The normalized spacial score (nSPS) is 10.9. The van der Waals surface area contributed by atoms with E-state index in [0.717, 1.165) is 6.08 Å². The molecule has 0 aliphatic heterocycles. The second-order valence-corrected chi connectivity index (χ2v) is 3.61. The largest absolute Gasteiger partial charge is 0.478 e. The molecule has 80 valence electrons. The van der Waals surface area contributed by atoms with Gasteiger partial charge in [-0.25, -0.2) is 4.79 Å². The average molecular weight is 247 g/mol. The molecule has 2 N–H and O–H groups in total. The zero-order chi connectivity index (χ0) is 11.4. The molecule has 15 heavy (non-hydrogen) atoms. The Labute approximate surface area is 96.6 Å². The molecule has 0 amide bonds. The van der Waals surface area contributed by atoms with Gasteiger partial charge in [-0.05, 0) is 29.3 Å². The Morgan fingerprint density at radius 1 is 1.33 bits per heavy atom. The minimum Gasteiger partial charge on any atom is -0.478 e. The van der Waals surface area contributed by atoms with Crippen LogP contribution in [0.3, 0.4) is 0 Å². The average Bonchev–Trinajstić information content (AvgIpc) is 2.18. The van der Waals surface area contributed by atoms with Gasteiger partial charge in [0.15, 0.2) is 0 Å². The van der Waals surface area contributed by atoms with Crippen molar-refractivity contribution in [1.82, 2.24) is 0 Å². The molecule has 1 aromatic rings. The molecule has 0 spiro atoms. The molecule has 5 heteroatoms. The van der Waals surface area contributed by atoms with Crippen molar-refractivity contribution in [2.75, 3.05) is 0 Å². The Morgan fingerprint density at radius 3 is 2.53 bits per heavy atom. The summed E-state index contributed by atoms with van der Waals surface area (Å²) in [6.07, 6.45) is 2.31. The van der Waals surface area contributed by atoms with E-state index in [1.54, 1.807) is 0 Å². The van der Waals surface area contributed by atoms with E-state index in [2.05, 4.69) is 0 Å². The molecule has 0 heterocycles. The number of hydrogen-bond acceptors (Lipinski definition) is 2. The number of aliphatic hydroxyl groups excluding tert-OH is 1. The van der Waals surface area contributed by atoms with Crippen LogP contribution in [0.25, 0.3) is 6.08 Å². The van der Waals surface area contributed by atoms with E-state index in [1.807, 2.05) is 0 Å². The molecule has 0 aliphatic carbocycles. The number of aliphatic hydroxyl groups is 1. The lowest BCUT2D eigenvalue weighted by molar-refractivity contribution is -0.131. The van der Waals surface area contributed by atoms with Crippen LogP contribution < -0.4 is 0 Å². The molecule has 0 bridgehead atoms. The lowest BCUT2D eigenvalue weighted by Crippen LogP contribution is -1.89. The van der Waals surface area contributed by atoms with Crippen LogP contribution >= 0.6 is 23.2 Å². The highest BCUT2D eigenvalue weighted by Gasteiger charge is 2.04. The number of benzene rings is 1. The maximum absolute atomic E-state index is 10.3. The summed E-state index contributed by atoms with van der Waals surface area (Å²) in [4.78, 5) is 10.3. The van der Waals surface area contributed by atoms with Crippen molar-refractivity contribution in [3.05, 3.63) is 39.4 Å². The van der Waals surface area contributed by atoms with E-state index < -0.39 is 5.97 Å². The van der Waals surface area contributed by atoms with Crippen LogP contribution in [0.2, 0.25) is 10.0 Å². The molecule has 0 saturated carbocycles.